The van der Waals surface area contributed by atoms with Gasteiger partial charge in [0, 0.05) is 79.7 Å². The van der Waals surface area contributed by atoms with E-state index in [1.807, 2.05) is 53.6 Å². The Morgan fingerprint density at radius 1 is 1.02 bits per heavy atom. The number of rotatable bonds is 9. The van der Waals surface area contributed by atoms with Crippen LogP contribution in [-0.2, 0) is 13.0 Å². The molecule has 3 aliphatic rings. The summed E-state index contributed by atoms with van der Waals surface area (Å²) in [6.45, 7) is 5.01. The van der Waals surface area contributed by atoms with Crippen LogP contribution in [0.5, 0.6) is 5.75 Å². The molecule has 0 unspecified atom stereocenters. The quantitative estimate of drug-likeness (QED) is 0.257. The molecule has 10 nitrogen and oxygen atoms in total. The van der Waals surface area contributed by atoms with Crippen molar-refractivity contribution in [2.24, 2.45) is 0 Å². The predicted molar refractivity (Wildman–Crippen MR) is 176 cm³/mol. The van der Waals surface area contributed by atoms with E-state index in [1.165, 1.54) is 6.33 Å². The van der Waals surface area contributed by atoms with E-state index in [9.17, 15) is 14.0 Å². The van der Waals surface area contributed by atoms with Crippen LogP contribution in [0.15, 0.2) is 61.1 Å². The number of ketones is 1. The number of likely N-dealkylation sites (tertiary alicyclic amines) is 1. The van der Waals surface area contributed by atoms with Crippen LogP contribution in [0.25, 0.3) is 10.9 Å². The van der Waals surface area contributed by atoms with Crippen LogP contribution in [-0.4, -0.2) is 94.7 Å². The Morgan fingerprint density at radius 3 is 2.67 bits per heavy atom. The van der Waals surface area contributed by atoms with Crippen molar-refractivity contribution in [3.05, 3.63) is 77.9 Å². The van der Waals surface area contributed by atoms with Gasteiger partial charge in [0.25, 0.3) is 0 Å². The number of hydrogen-bond donors (Lipinski definition) is 1. The number of piperidine rings is 1. The number of anilines is 2. The number of halogens is 1. The third kappa shape index (κ3) is 6.16. The second kappa shape index (κ2) is 13.1. The van der Waals surface area contributed by atoms with Crippen molar-refractivity contribution < 1.29 is 18.7 Å². The van der Waals surface area contributed by atoms with E-state index >= 15 is 0 Å². The first-order chi connectivity index (χ1) is 22.5. The van der Waals surface area contributed by atoms with E-state index < -0.39 is 6.17 Å². The maximum Gasteiger partial charge on any atom is 0.322 e. The molecule has 3 aliphatic heterocycles. The summed E-state index contributed by atoms with van der Waals surface area (Å²) in [7, 11) is 1.65. The molecule has 1 atom stereocenters. The summed E-state index contributed by atoms with van der Waals surface area (Å²) in [6.07, 6.45) is 6.55. The fraction of sp³-hybridized carbons (Fsp3) is 0.429. The number of nitrogens with one attached hydrogen (secondary N) is 1. The van der Waals surface area contributed by atoms with Crippen LogP contribution in [0, 0.1) is 0 Å². The molecule has 2 saturated heterocycles. The molecule has 11 heteroatoms. The maximum atomic E-state index is 13.9. The van der Waals surface area contributed by atoms with Crippen molar-refractivity contribution in [3.63, 3.8) is 0 Å². The molecule has 2 fully saturated rings. The molecule has 4 aromatic rings. The molecule has 2 aromatic heterocycles. The smallest absolute Gasteiger partial charge is 0.322 e. The summed E-state index contributed by atoms with van der Waals surface area (Å²) >= 11 is 0. The molecular weight excluding hydrogens is 585 g/mol. The first-order valence-corrected chi connectivity index (χ1v) is 16.3. The third-order valence-corrected chi connectivity index (χ3v) is 9.67. The number of para-hydroxylation sites is 1. The Labute approximate surface area is 268 Å². The van der Waals surface area contributed by atoms with Gasteiger partial charge in [-0.25, -0.2) is 19.2 Å². The van der Waals surface area contributed by atoms with Crippen LogP contribution in [0.2, 0.25) is 0 Å². The van der Waals surface area contributed by atoms with E-state index in [0.29, 0.717) is 30.8 Å². The second-order valence-corrected chi connectivity index (χ2v) is 12.5. The van der Waals surface area contributed by atoms with Crippen molar-refractivity contribution in [1.82, 2.24) is 24.3 Å². The largest absolute Gasteiger partial charge is 0.497 e. The highest BCUT2D eigenvalue weighted by molar-refractivity contribution is 6.15. The number of fused-ring (bicyclic) bond motifs is 2. The molecule has 0 aliphatic carbocycles. The number of hydrogen-bond acceptors (Lipinski definition) is 7. The molecule has 0 radical (unpaired) electrons. The third-order valence-electron chi connectivity index (χ3n) is 9.67. The number of nitrogens with zero attached hydrogens (tertiary/aromatic N) is 6. The molecular formula is C35H40FN7O3. The lowest BCUT2D eigenvalue weighted by Crippen LogP contribution is -2.49. The number of aryl methyl sites for hydroxylation is 1. The number of carbonyl (C=O) groups excluding carboxylic acids is 2. The van der Waals surface area contributed by atoms with Crippen LogP contribution in [0.1, 0.15) is 47.3 Å². The van der Waals surface area contributed by atoms with Gasteiger partial charge in [-0.15, -0.1) is 0 Å². The zero-order chi connectivity index (χ0) is 31.6. The Hall–Kier alpha value is -4.51. The zero-order valence-corrected chi connectivity index (χ0v) is 26.2. The standard InChI is InChI=1S/C35H40FN7O3/c1-46-27-7-8-30-24(19-27)9-18-43(35(45)39-30)26-11-16-41(17-12-26)33-20-31(37-23-38-33)34(44)29-22-42(32-6-3-2-5-28(29)32)14-4-13-40-15-10-25(36)21-40/h2-3,5-8,19-20,22-23,25-26H,4,9-18,21H2,1H3,(H,39,45)/t25-/m1/s1. The van der Waals surface area contributed by atoms with Crippen LogP contribution in [0.3, 0.4) is 0 Å². The second-order valence-electron chi connectivity index (χ2n) is 12.5. The number of carbonyl (C=O) groups is 2. The van der Waals surface area contributed by atoms with E-state index in [1.54, 1.807) is 13.2 Å². The van der Waals surface area contributed by atoms with Gasteiger partial charge >= 0.3 is 6.03 Å². The summed E-state index contributed by atoms with van der Waals surface area (Å²) < 4.78 is 21.1. The highest BCUT2D eigenvalue weighted by Crippen LogP contribution is 2.29. The van der Waals surface area contributed by atoms with Gasteiger partial charge in [0.05, 0.1) is 7.11 Å². The monoisotopic (exact) mass is 625 g/mol. The minimum absolute atomic E-state index is 0.0686. The first kappa shape index (κ1) is 30.2. The molecule has 0 bridgehead atoms. The molecule has 240 valence electrons. The lowest BCUT2D eigenvalue weighted by Gasteiger charge is -2.38. The van der Waals surface area contributed by atoms with E-state index in [-0.39, 0.29) is 17.9 Å². The van der Waals surface area contributed by atoms with Crippen LogP contribution >= 0.6 is 0 Å². The summed E-state index contributed by atoms with van der Waals surface area (Å²) in [5.74, 6) is 1.37. The average molecular weight is 626 g/mol. The van der Waals surface area contributed by atoms with Gasteiger partial charge < -0.3 is 29.3 Å². The molecule has 0 spiro atoms. The van der Waals surface area contributed by atoms with Gasteiger partial charge in [0.2, 0.25) is 5.78 Å². The van der Waals surface area contributed by atoms with Gasteiger partial charge in [-0.2, -0.15) is 0 Å². The number of methoxy groups -OCH3 is 1. The highest BCUT2D eigenvalue weighted by Gasteiger charge is 2.31. The average Bonchev–Trinajstić information content (AvgIpc) is 3.63. The Kier molecular flexibility index (Phi) is 8.57. The molecule has 5 heterocycles. The summed E-state index contributed by atoms with van der Waals surface area (Å²) in [5.41, 5.74) is 3.90. The van der Waals surface area contributed by atoms with Gasteiger partial charge in [-0.3, -0.25) is 4.79 Å². The summed E-state index contributed by atoms with van der Waals surface area (Å²) in [5, 5.41) is 3.98. The molecule has 46 heavy (non-hydrogen) atoms. The topological polar surface area (TPSA) is 95.8 Å². The molecule has 2 amide bonds. The van der Waals surface area contributed by atoms with Crippen molar-refractivity contribution in [3.8, 4) is 5.75 Å². The number of benzene rings is 2. The Bertz CT molecular complexity index is 1730. The first-order valence-electron chi connectivity index (χ1n) is 16.3. The van der Waals surface area contributed by atoms with Gasteiger partial charge in [0.1, 0.15) is 29.8 Å². The minimum atomic E-state index is -0.717. The Morgan fingerprint density at radius 2 is 1.87 bits per heavy atom. The summed E-state index contributed by atoms with van der Waals surface area (Å²) in [6, 6.07) is 15.6. The van der Waals surface area contributed by atoms with Crippen molar-refractivity contribution in [1.29, 1.82) is 0 Å². The van der Waals surface area contributed by atoms with Crippen molar-refractivity contribution in [2.75, 3.05) is 56.6 Å². The number of ether oxygens (including phenoxy) is 1. The van der Waals surface area contributed by atoms with E-state index in [0.717, 1.165) is 92.1 Å². The minimum Gasteiger partial charge on any atom is -0.497 e. The molecule has 7 rings (SSSR count). The van der Waals surface area contributed by atoms with Gasteiger partial charge in [-0.05, 0) is 68.5 Å². The van der Waals surface area contributed by atoms with Crippen LogP contribution < -0.4 is 15.0 Å². The fourth-order valence-corrected chi connectivity index (χ4v) is 7.16. The molecule has 2 aromatic carbocycles. The van der Waals surface area contributed by atoms with Crippen molar-refractivity contribution in [2.45, 2.75) is 50.9 Å². The predicted octanol–water partition coefficient (Wildman–Crippen LogP) is 5.16. The SMILES string of the molecule is COc1ccc2c(c1)CCN(C1CCN(c3cc(C(=O)c4cn(CCCN5CC[C@@H](F)C5)c5ccccc45)ncn3)CC1)C(=O)N2. The number of amides is 2. The normalized spacial score (nSPS) is 19.3. The molecule has 0 saturated carbocycles. The number of aromatic nitrogens is 3. The lowest BCUT2D eigenvalue weighted by atomic mass is 10.0. The lowest BCUT2D eigenvalue weighted by molar-refractivity contribution is 0.103. The maximum absolute atomic E-state index is 13.9. The van der Waals surface area contributed by atoms with Crippen molar-refractivity contribution >= 4 is 34.2 Å². The molecule has 1 N–H and O–H groups in total. The summed E-state index contributed by atoms with van der Waals surface area (Å²) in [4.78, 5) is 42.2. The fourth-order valence-electron chi connectivity index (χ4n) is 7.16. The van der Waals surface area contributed by atoms with Crippen LogP contribution in [0.4, 0.5) is 20.7 Å². The Balaban J connectivity index is 1.01. The van der Waals surface area contributed by atoms with E-state index in [4.69, 9.17) is 4.74 Å². The number of urea groups is 1. The highest BCUT2D eigenvalue weighted by atomic mass is 19.1. The number of alkyl halides is 1. The van der Waals surface area contributed by atoms with Gasteiger partial charge in [-0.1, -0.05) is 18.2 Å². The zero-order valence-electron chi connectivity index (χ0n) is 26.2. The van der Waals surface area contributed by atoms with Gasteiger partial charge in [0.15, 0.2) is 0 Å². The van der Waals surface area contributed by atoms with E-state index in [2.05, 4.69) is 29.7 Å².